The van der Waals surface area contributed by atoms with E-state index in [4.69, 9.17) is 36.7 Å². The number of halogens is 9. The summed E-state index contributed by atoms with van der Waals surface area (Å²) in [4.78, 5) is 68.9. The Bertz CT molecular complexity index is 4000. The predicted molar refractivity (Wildman–Crippen MR) is 289 cm³/mol. The zero-order valence-corrected chi connectivity index (χ0v) is 43.6. The molecule has 0 unspecified atom stereocenters. The average Bonchev–Trinajstić information content (AvgIpc) is 3.67. The van der Waals surface area contributed by atoms with Crippen LogP contribution in [0.4, 0.5) is 39.5 Å². The lowest BCUT2D eigenvalue weighted by molar-refractivity contribution is -0.138. The van der Waals surface area contributed by atoms with E-state index in [0.717, 1.165) is 54.6 Å². The van der Waals surface area contributed by atoms with Gasteiger partial charge in [0, 0.05) is 22.3 Å². The number of aldehydes is 1. The average molecular weight is 1170 g/mol. The Balaban J connectivity index is 0.000000183. The molecule has 15 nitrogen and oxygen atoms in total. The molecule has 0 aliphatic carbocycles. The normalized spacial score (nSPS) is 11.1. The molecule has 3 amide bonds. The molecule has 0 spiro atoms. The first kappa shape index (κ1) is 61.4. The summed E-state index contributed by atoms with van der Waals surface area (Å²) in [6.45, 7) is 1.17. The van der Waals surface area contributed by atoms with E-state index in [1.807, 2.05) is 0 Å². The van der Waals surface area contributed by atoms with Crippen molar-refractivity contribution in [2.24, 2.45) is 17.2 Å². The lowest BCUT2D eigenvalue weighted by Gasteiger charge is -2.13. The first-order valence-electron chi connectivity index (χ1n) is 24.4. The van der Waals surface area contributed by atoms with E-state index < -0.39 is 64.3 Å². The number of primary amides is 3. The highest BCUT2D eigenvalue weighted by atomic mass is 19.4. The monoisotopic (exact) mass is 1170 g/mol. The van der Waals surface area contributed by atoms with Gasteiger partial charge >= 0.3 is 18.5 Å². The number of amides is 3. The van der Waals surface area contributed by atoms with Crippen LogP contribution in [0.3, 0.4) is 0 Å². The molecule has 430 valence electrons. The number of nitrogens with zero attached hydrogens (tertiary/aromatic N) is 4. The third kappa shape index (κ3) is 16.3. The maximum absolute atomic E-state index is 12.9. The van der Waals surface area contributed by atoms with Gasteiger partial charge in [-0.2, -0.15) is 44.8 Å². The quantitative estimate of drug-likeness (QED) is 0.0522. The van der Waals surface area contributed by atoms with Gasteiger partial charge in [-0.05, 0) is 171 Å². The topological polar surface area (TPSA) is 254 Å². The van der Waals surface area contributed by atoms with Crippen molar-refractivity contribution in [1.82, 2.24) is 15.0 Å². The van der Waals surface area contributed by atoms with Crippen LogP contribution in [0.2, 0.25) is 0 Å². The van der Waals surface area contributed by atoms with Gasteiger partial charge in [-0.3, -0.25) is 24.0 Å². The number of Topliss-reactive ketones (excluding diaryl/α,β-unsaturated/α-hetero) is 1. The Kier molecular flexibility index (Phi) is 18.9. The van der Waals surface area contributed by atoms with Crippen molar-refractivity contribution in [3.05, 3.63) is 232 Å². The summed E-state index contributed by atoms with van der Waals surface area (Å²) < 4.78 is 132. The van der Waals surface area contributed by atoms with Gasteiger partial charge in [0.1, 0.15) is 57.6 Å². The minimum atomic E-state index is -4.62. The van der Waals surface area contributed by atoms with Gasteiger partial charge in [0.05, 0.1) is 44.9 Å². The van der Waals surface area contributed by atoms with Crippen molar-refractivity contribution in [3.8, 4) is 74.3 Å². The van der Waals surface area contributed by atoms with Crippen LogP contribution >= 0.6 is 0 Å². The largest absolute Gasteiger partial charge is 0.457 e. The molecule has 3 aromatic heterocycles. The molecule has 3 heterocycles. The molecule has 0 radical (unpaired) electrons. The van der Waals surface area contributed by atoms with E-state index in [9.17, 15) is 63.5 Å². The molecule has 24 heteroatoms. The summed E-state index contributed by atoms with van der Waals surface area (Å²) in [5, 5.41) is 9.11. The summed E-state index contributed by atoms with van der Waals surface area (Å²) in [5.41, 5.74) is 15.9. The van der Waals surface area contributed by atoms with Gasteiger partial charge in [0.2, 0.25) is 0 Å². The molecule has 0 fully saturated rings. The zero-order chi connectivity index (χ0) is 61.8. The summed E-state index contributed by atoms with van der Waals surface area (Å²) >= 11 is 0. The second-order valence-corrected chi connectivity index (χ2v) is 17.6. The highest BCUT2D eigenvalue weighted by molar-refractivity contribution is 5.97. The highest BCUT2D eigenvalue weighted by Gasteiger charge is 2.34. The van der Waals surface area contributed by atoms with E-state index in [1.54, 1.807) is 115 Å². The molecule has 9 aromatic rings. The molecule has 6 N–H and O–H groups in total. The van der Waals surface area contributed by atoms with Crippen molar-refractivity contribution in [1.29, 1.82) is 5.26 Å². The maximum atomic E-state index is 12.9. The second kappa shape index (κ2) is 26.1. The molecule has 0 aliphatic rings. The Labute approximate surface area is 475 Å². The molecule has 0 bridgehead atoms. The molecule has 0 aliphatic heterocycles. The summed E-state index contributed by atoms with van der Waals surface area (Å²) in [6, 6.07) is 44.1. The van der Waals surface area contributed by atoms with E-state index in [2.05, 4.69) is 15.0 Å². The Morgan fingerprint density at radius 2 is 0.835 bits per heavy atom. The number of benzene rings is 6. The van der Waals surface area contributed by atoms with E-state index >= 15 is 0 Å². The number of ether oxygens (including phenoxy) is 3. The smallest absolute Gasteiger partial charge is 0.417 e. The number of ketones is 1. The summed E-state index contributed by atoms with van der Waals surface area (Å²) in [7, 11) is 0. The molecule has 9 rings (SSSR count). The van der Waals surface area contributed by atoms with Gasteiger partial charge in [-0.25, -0.2) is 15.0 Å². The molecule has 0 saturated carbocycles. The Morgan fingerprint density at radius 3 is 1.20 bits per heavy atom. The van der Waals surface area contributed by atoms with Gasteiger partial charge in [0.15, 0.2) is 12.1 Å². The molecule has 0 atom stereocenters. The van der Waals surface area contributed by atoms with Crippen LogP contribution in [0.1, 0.15) is 81.4 Å². The minimum absolute atomic E-state index is 0.0112. The number of hydrogen-bond donors (Lipinski definition) is 3. The van der Waals surface area contributed by atoms with Crippen LogP contribution in [0.5, 0.6) is 34.5 Å². The molecular weight excluding hydrogens is 1130 g/mol. The van der Waals surface area contributed by atoms with Gasteiger partial charge in [0.25, 0.3) is 17.7 Å². The molecule has 85 heavy (non-hydrogen) atoms. The molecular formula is C61H40F9N7O8. The third-order valence-corrected chi connectivity index (χ3v) is 11.7. The minimum Gasteiger partial charge on any atom is -0.457 e. The number of hydrogen-bond acceptors (Lipinski definition) is 12. The van der Waals surface area contributed by atoms with Crippen molar-refractivity contribution < 1.29 is 77.7 Å². The van der Waals surface area contributed by atoms with E-state index in [0.29, 0.717) is 51.0 Å². The van der Waals surface area contributed by atoms with Gasteiger partial charge < -0.3 is 31.4 Å². The highest BCUT2D eigenvalue weighted by Crippen LogP contribution is 2.38. The number of rotatable bonds is 14. The lowest BCUT2D eigenvalue weighted by atomic mass is 10.1. The van der Waals surface area contributed by atoms with E-state index in [-0.39, 0.29) is 51.7 Å². The fraction of sp³-hybridized carbons (Fsp3) is 0.0656. The number of nitrogens with two attached hydrogens (primary N) is 3. The maximum Gasteiger partial charge on any atom is 0.417 e. The van der Waals surface area contributed by atoms with Crippen molar-refractivity contribution >= 4 is 29.8 Å². The van der Waals surface area contributed by atoms with Crippen molar-refractivity contribution in [2.45, 2.75) is 25.5 Å². The van der Waals surface area contributed by atoms with Crippen LogP contribution in [0, 0.1) is 11.3 Å². The fourth-order valence-corrected chi connectivity index (χ4v) is 7.58. The Hall–Kier alpha value is -11.2. The number of carbonyl (C=O) groups is 5. The lowest BCUT2D eigenvalue weighted by Crippen LogP contribution is -2.12. The summed E-state index contributed by atoms with van der Waals surface area (Å²) in [5.74, 6) is -1.36. The number of carbonyl (C=O) groups excluding carboxylic acids is 5. The number of aromatic nitrogens is 3. The first-order valence-corrected chi connectivity index (χ1v) is 24.4. The first-order chi connectivity index (χ1) is 40.2. The molecule has 6 aromatic carbocycles. The van der Waals surface area contributed by atoms with Gasteiger partial charge in [-0.1, -0.05) is 18.2 Å². The van der Waals surface area contributed by atoms with Gasteiger partial charge in [-0.15, -0.1) is 0 Å². The predicted octanol–water partition coefficient (Wildman–Crippen LogP) is 13.9. The fourth-order valence-electron chi connectivity index (χ4n) is 7.58. The molecule has 0 saturated heterocycles. The van der Waals surface area contributed by atoms with Crippen LogP contribution in [-0.4, -0.2) is 44.7 Å². The summed E-state index contributed by atoms with van der Waals surface area (Å²) in [6.07, 6.45) is -13.6. The third-order valence-electron chi connectivity index (χ3n) is 11.7. The van der Waals surface area contributed by atoms with Crippen molar-refractivity contribution in [2.75, 3.05) is 0 Å². The SMILES string of the molecule is CC(=O)c1cc(C(F)(F)F)ccc1Oc1ccc(-c2cccc(C(N)=O)n2)cc1.N#Cc1cc(C(F)(F)F)ccc1Oc1ccc(-c2cccc(C(N)=O)n2)cc1.NC(=O)c1cccc(-c2ccc(Oc3ccc(C(F)(F)F)c(C=O)c3)cc2)n1. The Morgan fingerprint density at radius 1 is 0.459 bits per heavy atom. The zero-order valence-electron chi connectivity index (χ0n) is 43.6. The number of pyridine rings is 3. The van der Waals surface area contributed by atoms with Crippen LogP contribution < -0.4 is 31.4 Å². The van der Waals surface area contributed by atoms with Crippen LogP contribution in [0.15, 0.2) is 182 Å². The van der Waals surface area contributed by atoms with Crippen LogP contribution in [0.25, 0.3) is 33.8 Å². The number of alkyl halides is 9. The van der Waals surface area contributed by atoms with Crippen molar-refractivity contribution in [3.63, 3.8) is 0 Å². The number of nitriles is 1. The second-order valence-electron chi connectivity index (χ2n) is 17.6. The standard InChI is InChI=1S/C21H15F3N2O3.C20H12F3N3O2.C20H13F3N2O3/c1-12(27)16-11-14(21(22,23)24)7-10-19(16)29-15-8-5-13(6-9-15)17-3-2-4-18(26-17)20(25)28;21-20(22,23)14-6-9-18(13(10-14)11-24)28-15-7-4-12(5-8-15)16-2-1-3-17(26-16)19(25)27;21-20(22,23)16-9-8-15(10-13(16)11-26)28-14-6-4-12(5-7-14)17-2-1-3-18(25-17)19(24)27/h2-11H,1H3,(H2,25,28);1-10H,(H2,25,27);1-11H,(H2,24,27). The van der Waals surface area contributed by atoms with E-state index in [1.165, 1.54) is 25.1 Å². The van der Waals surface area contributed by atoms with Crippen LogP contribution in [-0.2, 0) is 18.5 Å².